The number of rotatable bonds is 7. The van der Waals surface area contributed by atoms with Crippen molar-refractivity contribution in [1.29, 1.82) is 0 Å². The Morgan fingerprint density at radius 3 is 2.79 bits per heavy atom. The lowest BCUT2D eigenvalue weighted by atomic mass is 10.2. The predicted molar refractivity (Wildman–Crippen MR) is 98.0 cm³/mol. The summed E-state index contributed by atoms with van der Waals surface area (Å²) < 4.78 is 23.5. The van der Waals surface area contributed by atoms with Crippen LogP contribution in [0.5, 0.6) is 17.2 Å². The van der Waals surface area contributed by atoms with Gasteiger partial charge in [0.2, 0.25) is 11.6 Å². The van der Waals surface area contributed by atoms with Gasteiger partial charge < -0.3 is 23.2 Å². The SMILES string of the molecule is COc1ccc(COc2ccc3oc(-c4cn(C)cn4)nc3c2OC=O)nc1. The van der Waals surface area contributed by atoms with Gasteiger partial charge in [0.05, 0.1) is 25.3 Å². The number of nitrogens with zero attached hydrogens (tertiary/aromatic N) is 4. The van der Waals surface area contributed by atoms with E-state index in [0.717, 1.165) is 0 Å². The number of ether oxygens (including phenoxy) is 3. The van der Waals surface area contributed by atoms with Crippen LogP contribution in [-0.4, -0.2) is 33.1 Å². The molecule has 28 heavy (non-hydrogen) atoms. The zero-order valence-corrected chi connectivity index (χ0v) is 15.2. The first kappa shape index (κ1) is 17.5. The fourth-order valence-corrected chi connectivity index (χ4v) is 2.63. The minimum Gasteiger partial charge on any atom is -0.495 e. The molecule has 0 aliphatic rings. The number of imidazole rings is 1. The van der Waals surface area contributed by atoms with Gasteiger partial charge >= 0.3 is 0 Å². The van der Waals surface area contributed by atoms with Crippen LogP contribution in [0, 0.1) is 0 Å². The van der Waals surface area contributed by atoms with Crippen LogP contribution in [0.15, 0.2) is 47.4 Å². The highest BCUT2D eigenvalue weighted by Gasteiger charge is 2.19. The zero-order chi connectivity index (χ0) is 19.5. The highest BCUT2D eigenvalue weighted by atomic mass is 16.5. The van der Waals surface area contributed by atoms with E-state index in [0.29, 0.717) is 46.3 Å². The second kappa shape index (κ2) is 7.39. The molecule has 9 heteroatoms. The number of pyridine rings is 1. The van der Waals surface area contributed by atoms with Gasteiger partial charge in [0.25, 0.3) is 6.47 Å². The zero-order valence-electron chi connectivity index (χ0n) is 15.2. The van der Waals surface area contributed by atoms with E-state index >= 15 is 0 Å². The number of aromatic nitrogens is 4. The van der Waals surface area contributed by atoms with Gasteiger partial charge in [-0.2, -0.15) is 0 Å². The highest BCUT2D eigenvalue weighted by Crippen LogP contribution is 2.37. The third-order valence-electron chi connectivity index (χ3n) is 3.98. The summed E-state index contributed by atoms with van der Waals surface area (Å²) >= 11 is 0. The van der Waals surface area contributed by atoms with Crippen molar-refractivity contribution in [2.45, 2.75) is 6.61 Å². The molecule has 0 N–H and O–H groups in total. The Morgan fingerprint density at radius 2 is 2.11 bits per heavy atom. The van der Waals surface area contributed by atoms with Crippen LogP contribution in [0.1, 0.15) is 5.69 Å². The lowest BCUT2D eigenvalue weighted by Gasteiger charge is -2.09. The van der Waals surface area contributed by atoms with E-state index < -0.39 is 0 Å². The molecule has 0 saturated heterocycles. The van der Waals surface area contributed by atoms with E-state index in [4.69, 9.17) is 18.6 Å². The van der Waals surface area contributed by atoms with Gasteiger partial charge in [-0.1, -0.05) is 0 Å². The van der Waals surface area contributed by atoms with E-state index in [1.165, 1.54) is 0 Å². The van der Waals surface area contributed by atoms with Crippen molar-refractivity contribution in [3.05, 3.63) is 48.7 Å². The van der Waals surface area contributed by atoms with Gasteiger partial charge in [-0.15, -0.1) is 0 Å². The Kier molecular flexibility index (Phi) is 4.63. The summed E-state index contributed by atoms with van der Waals surface area (Å²) in [6.07, 6.45) is 5.02. The molecular weight excluding hydrogens is 364 g/mol. The Morgan fingerprint density at radius 1 is 1.21 bits per heavy atom. The fraction of sp³-hybridized carbons (Fsp3) is 0.158. The molecule has 4 rings (SSSR count). The molecule has 0 aliphatic heterocycles. The molecule has 3 heterocycles. The van der Waals surface area contributed by atoms with Crippen LogP contribution in [0.2, 0.25) is 0 Å². The van der Waals surface area contributed by atoms with Crippen molar-refractivity contribution < 1.29 is 23.4 Å². The number of aryl methyl sites for hydroxylation is 1. The monoisotopic (exact) mass is 380 g/mol. The van der Waals surface area contributed by atoms with Gasteiger partial charge in [-0.05, 0) is 24.3 Å². The Bertz CT molecular complexity index is 1120. The first-order valence-electron chi connectivity index (χ1n) is 8.32. The maximum atomic E-state index is 11.0. The lowest BCUT2D eigenvalue weighted by molar-refractivity contribution is -0.120. The number of methoxy groups -OCH3 is 1. The van der Waals surface area contributed by atoms with Gasteiger partial charge in [0.15, 0.2) is 16.8 Å². The quantitative estimate of drug-likeness (QED) is 0.451. The molecular formula is C19H16N4O5. The van der Waals surface area contributed by atoms with Crippen LogP contribution in [-0.2, 0) is 18.4 Å². The molecule has 0 atom stereocenters. The summed E-state index contributed by atoms with van der Waals surface area (Å²) in [5.41, 5.74) is 2.08. The molecule has 0 aliphatic carbocycles. The number of hydrogen-bond donors (Lipinski definition) is 0. The van der Waals surface area contributed by atoms with Crippen LogP contribution >= 0.6 is 0 Å². The van der Waals surface area contributed by atoms with Crippen molar-refractivity contribution in [3.8, 4) is 28.8 Å². The number of carbonyl (C=O) groups is 1. The van der Waals surface area contributed by atoms with Crippen molar-refractivity contribution in [1.82, 2.24) is 19.5 Å². The fourth-order valence-electron chi connectivity index (χ4n) is 2.63. The van der Waals surface area contributed by atoms with Crippen molar-refractivity contribution in [2.75, 3.05) is 7.11 Å². The van der Waals surface area contributed by atoms with Crippen LogP contribution < -0.4 is 14.2 Å². The minimum absolute atomic E-state index is 0.173. The largest absolute Gasteiger partial charge is 0.495 e. The van der Waals surface area contributed by atoms with Crippen LogP contribution in [0.25, 0.3) is 22.7 Å². The Balaban J connectivity index is 1.65. The van der Waals surface area contributed by atoms with E-state index in [-0.39, 0.29) is 12.4 Å². The predicted octanol–water partition coefficient (Wildman–Crippen LogP) is 2.75. The third kappa shape index (κ3) is 3.37. The topological polar surface area (TPSA) is 102 Å². The van der Waals surface area contributed by atoms with Crippen LogP contribution in [0.4, 0.5) is 0 Å². The van der Waals surface area contributed by atoms with E-state index in [2.05, 4.69) is 15.0 Å². The average Bonchev–Trinajstić information content (AvgIpc) is 3.34. The summed E-state index contributed by atoms with van der Waals surface area (Å²) in [6, 6.07) is 6.92. The third-order valence-corrected chi connectivity index (χ3v) is 3.98. The Hall–Kier alpha value is -3.88. The summed E-state index contributed by atoms with van der Waals surface area (Å²) in [4.78, 5) is 23.9. The first-order chi connectivity index (χ1) is 13.7. The van der Waals surface area contributed by atoms with Gasteiger partial charge in [0, 0.05) is 13.2 Å². The molecule has 0 fully saturated rings. The lowest BCUT2D eigenvalue weighted by Crippen LogP contribution is -2.01. The summed E-state index contributed by atoms with van der Waals surface area (Å²) in [5, 5.41) is 0. The van der Waals surface area contributed by atoms with Gasteiger partial charge in [-0.25, -0.2) is 9.97 Å². The van der Waals surface area contributed by atoms with Crippen molar-refractivity contribution in [2.24, 2.45) is 7.05 Å². The molecule has 142 valence electrons. The number of oxazole rings is 1. The van der Waals surface area contributed by atoms with Gasteiger partial charge in [-0.3, -0.25) is 9.78 Å². The summed E-state index contributed by atoms with van der Waals surface area (Å²) in [6.45, 7) is 0.498. The maximum absolute atomic E-state index is 11.0. The molecule has 9 nitrogen and oxygen atoms in total. The minimum atomic E-state index is 0.173. The highest BCUT2D eigenvalue weighted by molar-refractivity contribution is 5.86. The summed E-state index contributed by atoms with van der Waals surface area (Å²) in [7, 11) is 3.42. The average molecular weight is 380 g/mol. The molecule has 0 spiro atoms. The second-order valence-electron chi connectivity index (χ2n) is 5.88. The van der Waals surface area contributed by atoms with Crippen molar-refractivity contribution >= 4 is 17.6 Å². The Labute approximate surface area is 159 Å². The molecule has 1 aromatic carbocycles. The summed E-state index contributed by atoms with van der Waals surface area (Å²) in [5.74, 6) is 1.49. The number of fused-ring (bicyclic) bond motifs is 1. The maximum Gasteiger partial charge on any atom is 0.298 e. The molecule has 0 bridgehead atoms. The van der Waals surface area contributed by atoms with E-state index in [1.807, 2.05) is 7.05 Å². The normalized spacial score (nSPS) is 10.8. The molecule has 3 aromatic heterocycles. The number of carbonyl (C=O) groups excluding carboxylic acids is 1. The van der Waals surface area contributed by atoms with Crippen LogP contribution in [0.3, 0.4) is 0 Å². The number of hydrogen-bond acceptors (Lipinski definition) is 8. The molecule has 0 amide bonds. The molecule has 0 saturated carbocycles. The first-order valence-corrected chi connectivity index (χ1v) is 8.32. The second-order valence-corrected chi connectivity index (χ2v) is 5.88. The standard InChI is InChI=1S/C19H16N4O5/c1-23-8-14(21-10-23)19-22-17-15(28-19)5-6-16(18(17)27-11-24)26-9-12-3-4-13(25-2)7-20-12/h3-8,10-11H,9H2,1-2H3. The molecule has 0 unspecified atom stereocenters. The smallest absolute Gasteiger partial charge is 0.298 e. The number of benzene rings is 1. The molecule has 4 aromatic rings. The van der Waals surface area contributed by atoms with E-state index in [9.17, 15) is 4.79 Å². The molecule has 0 radical (unpaired) electrons. The van der Waals surface area contributed by atoms with E-state index in [1.54, 1.807) is 54.7 Å². The van der Waals surface area contributed by atoms with Crippen molar-refractivity contribution in [3.63, 3.8) is 0 Å². The van der Waals surface area contributed by atoms with Gasteiger partial charge in [0.1, 0.15) is 18.1 Å².